The standard InChI is InChI=1S/C13H13ClO2/c14-7-2-1-4-11-5-6-12-13(10-11)16-9-3-8-15-12/h5-6,10H,2-3,7-9H2. The molecule has 0 radical (unpaired) electrons. The number of benzene rings is 1. The summed E-state index contributed by atoms with van der Waals surface area (Å²) < 4.78 is 11.1. The normalized spacial score (nSPS) is 13.6. The van der Waals surface area contributed by atoms with Crippen molar-refractivity contribution in [2.24, 2.45) is 0 Å². The lowest BCUT2D eigenvalue weighted by Crippen LogP contribution is -1.97. The van der Waals surface area contributed by atoms with Crippen molar-refractivity contribution in [1.82, 2.24) is 0 Å². The summed E-state index contributed by atoms with van der Waals surface area (Å²) >= 11 is 5.56. The molecule has 3 heteroatoms. The topological polar surface area (TPSA) is 18.5 Å². The van der Waals surface area contributed by atoms with Gasteiger partial charge in [-0.05, 0) is 18.2 Å². The molecule has 0 aliphatic carbocycles. The van der Waals surface area contributed by atoms with E-state index in [2.05, 4.69) is 11.8 Å². The van der Waals surface area contributed by atoms with Gasteiger partial charge < -0.3 is 9.47 Å². The molecule has 84 valence electrons. The van der Waals surface area contributed by atoms with Gasteiger partial charge in [-0.2, -0.15) is 0 Å². The van der Waals surface area contributed by atoms with Crippen LogP contribution in [0.25, 0.3) is 0 Å². The van der Waals surface area contributed by atoms with Crippen molar-refractivity contribution in [3.05, 3.63) is 23.8 Å². The van der Waals surface area contributed by atoms with Crippen molar-refractivity contribution in [2.45, 2.75) is 12.8 Å². The van der Waals surface area contributed by atoms with E-state index in [9.17, 15) is 0 Å². The van der Waals surface area contributed by atoms with Gasteiger partial charge in [-0.3, -0.25) is 0 Å². The molecule has 0 aromatic heterocycles. The molecule has 1 aromatic carbocycles. The molecule has 0 fully saturated rings. The van der Waals surface area contributed by atoms with Gasteiger partial charge in [0.2, 0.25) is 0 Å². The Kier molecular flexibility index (Phi) is 3.96. The van der Waals surface area contributed by atoms with E-state index in [1.807, 2.05) is 18.2 Å². The Labute approximate surface area is 101 Å². The zero-order valence-electron chi connectivity index (χ0n) is 8.96. The summed E-state index contributed by atoms with van der Waals surface area (Å²) in [5, 5.41) is 0. The Morgan fingerprint density at radius 1 is 1.19 bits per heavy atom. The molecular weight excluding hydrogens is 224 g/mol. The molecule has 1 aliphatic heterocycles. The largest absolute Gasteiger partial charge is 0.490 e. The minimum Gasteiger partial charge on any atom is -0.490 e. The fourth-order valence-electron chi connectivity index (χ4n) is 1.45. The first-order chi connectivity index (χ1) is 7.90. The van der Waals surface area contributed by atoms with Gasteiger partial charge >= 0.3 is 0 Å². The highest BCUT2D eigenvalue weighted by atomic mass is 35.5. The van der Waals surface area contributed by atoms with Crippen molar-refractivity contribution >= 4 is 11.6 Å². The summed E-state index contributed by atoms with van der Waals surface area (Å²) in [5.41, 5.74) is 0.939. The van der Waals surface area contributed by atoms with E-state index >= 15 is 0 Å². The lowest BCUT2D eigenvalue weighted by Gasteiger charge is -2.06. The fraction of sp³-hybridized carbons (Fsp3) is 0.385. The third-order valence-electron chi connectivity index (χ3n) is 2.20. The first kappa shape index (κ1) is 11.2. The first-order valence-electron chi connectivity index (χ1n) is 5.34. The molecule has 1 aromatic rings. The SMILES string of the molecule is ClCCC#Cc1ccc2c(c1)OCCCO2. The van der Waals surface area contributed by atoms with Crippen molar-refractivity contribution in [3.8, 4) is 23.3 Å². The van der Waals surface area contributed by atoms with Gasteiger partial charge in [0.25, 0.3) is 0 Å². The Hall–Kier alpha value is -1.33. The predicted molar refractivity (Wildman–Crippen MR) is 64.3 cm³/mol. The summed E-state index contributed by atoms with van der Waals surface area (Å²) in [5.74, 6) is 8.20. The minimum absolute atomic E-state index is 0.567. The number of rotatable bonds is 1. The van der Waals surface area contributed by atoms with Gasteiger partial charge in [0, 0.05) is 24.3 Å². The lowest BCUT2D eigenvalue weighted by molar-refractivity contribution is 0.297. The molecule has 0 spiro atoms. The van der Waals surface area contributed by atoms with Crippen LogP contribution in [0.5, 0.6) is 11.5 Å². The van der Waals surface area contributed by atoms with Gasteiger partial charge in [0.05, 0.1) is 13.2 Å². The third kappa shape index (κ3) is 2.84. The van der Waals surface area contributed by atoms with Crippen molar-refractivity contribution in [3.63, 3.8) is 0 Å². The van der Waals surface area contributed by atoms with Crippen LogP contribution in [0.15, 0.2) is 18.2 Å². The van der Waals surface area contributed by atoms with Crippen LogP contribution in [-0.2, 0) is 0 Å². The van der Waals surface area contributed by atoms with E-state index in [1.165, 1.54) is 0 Å². The van der Waals surface area contributed by atoms with Gasteiger partial charge in [-0.15, -0.1) is 11.6 Å². The van der Waals surface area contributed by atoms with Crippen LogP contribution < -0.4 is 9.47 Å². The van der Waals surface area contributed by atoms with Gasteiger partial charge in [0.15, 0.2) is 11.5 Å². The second-order valence-electron chi connectivity index (χ2n) is 3.45. The van der Waals surface area contributed by atoms with Gasteiger partial charge in [0.1, 0.15) is 0 Å². The van der Waals surface area contributed by atoms with Gasteiger partial charge in [-0.1, -0.05) is 11.8 Å². The van der Waals surface area contributed by atoms with E-state index in [1.54, 1.807) is 0 Å². The van der Waals surface area contributed by atoms with Crippen LogP contribution in [0.4, 0.5) is 0 Å². The molecule has 0 N–H and O–H groups in total. The number of ether oxygens (including phenoxy) is 2. The van der Waals surface area contributed by atoms with E-state index < -0.39 is 0 Å². The summed E-state index contributed by atoms with van der Waals surface area (Å²) in [6.45, 7) is 1.41. The Bertz CT molecular complexity index is 418. The summed E-state index contributed by atoms with van der Waals surface area (Å²) in [7, 11) is 0. The van der Waals surface area contributed by atoms with Crippen LogP contribution in [0, 0.1) is 11.8 Å². The second-order valence-corrected chi connectivity index (χ2v) is 3.83. The predicted octanol–water partition coefficient (Wildman–Crippen LogP) is 2.83. The Morgan fingerprint density at radius 2 is 2.00 bits per heavy atom. The monoisotopic (exact) mass is 236 g/mol. The zero-order valence-corrected chi connectivity index (χ0v) is 9.72. The molecule has 16 heavy (non-hydrogen) atoms. The average Bonchev–Trinajstić information content (AvgIpc) is 2.54. The number of hydrogen-bond donors (Lipinski definition) is 0. The number of fused-ring (bicyclic) bond motifs is 1. The second kappa shape index (κ2) is 5.67. The molecule has 1 aliphatic rings. The zero-order chi connectivity index (χ0) is 11.2. The smallest absolute Gasteiger partial charge is 0.162 e. The maximum absolute atomic E-state index is 5.58. The van der Waals surface area contributed by atoms with E-state index in [-0.39, 0.29) is 0 Å². The molecular formula is C13H13ClO2. The molecule has 0 atom stereocenters. The van der Waals surface area contributed by atoms with Crippen molar-refractivity contribution in [1.29, 1.82) is 0 Å². The average molecular weight is 237 g/mol. The molecule has 0 saturated heterocycles. The highest BCUT2D eigenvalue weighted by Gasteiger charge is 2.09. The van der Waals surface area contributed by atoms with E-state index in [0.29, 0.717) is 25.5 Å². The highest BCUT2D eigenvalue weighted by molar-refractivity contribution is 6.18. The van der Waals surface area contributed by atoms with E-state index in [0.717, 1.165) is 23.5 Å². The number of hydrogen-bond acceptors (Lipinski definition) is 2. The summed E-state index contributed by atoms with van der Waals surface area (Å²) in [6, 6.07) is 5.77. The molecule has 0 bridgehead atoms. The minimum atomic E-state index is 0.567. The number of halogens is 1. The van der Waals surface area contributed by atoms with Crippen molar-refractivity contribution in [2.75, 3.05) is 19.1 Å². The molecule has 2 nitrogen and oxygen atoms in total. The van der Waals surface area contributed by atoms with Crippen LogP contribution in [0.3, 0.4) is 0 Å². The molecule has 1 heterocycles. The highest BCUT2D eigenvalue weighted by Crippen LogP contribution is 2.29. The van der Waals surface area contributed by atoms with Crippen LogP contribution in [-0.4, -0.2) is 19.1 Å². The molecule has 2 rings (SSSR count). The first-order valence-corrected chi connectivity index (χ1v) is 5.88. The molecule has 0 unspecified atom stereocenters. The molecule has 0 saturated carbocycles. The van der Waals surface area contributed by atoms with Gasteiger partial charge in [-0.25, -0.2) is 0 Å². The van der Waals surface area contributed by atoms with Crippen molar-refractivity contribution < 1.29 is 9.47 Å². The summed E-state index contributed by atoms with van der Waals surface area (Å²) in [6.07, 6.45) is 1.62. The maximum Gasteiger partial charge on any atom is 0.162 e. The fourth-order valence-corrected chi connectivity index (χ4v) is 1.55. The third-order valence-corrected chi connectivity index (χ3v) is 2.39. The van der Waals surface area contributed by atoms with E-state index in [4.69, 9.17) is 21.1 Å². The quantitative estimate of drug-likeness (QED) is 0.552. The molecule has 0 amide bonds. The van der Waals surface area contributed by atoms with Crippen LogP contribution >= 0.6 is 11.6 Å². The van der Waals surface area contributed by atoms with Crippen LogP contribution in [0.2, 0.25) is 0 Å². The maximum atomic E-state index is 5.58. The summed E-state index contributed by atoms with van der Waals surface area (Å²) in [4.78, 5) is 0. The van der Waals surface area contributed by atoms with Crippen LogP contribution in [0.1, 0.15) is 18.4 Å². The Balaban J connectivity index is 2.18. The lowest BCUT2D eigenvalue weighted by atomic mass is 10.2. The Morgan fingerprint density at radius 3 is 2.81 bits per heavy atom. The number of alkyl halides is 1.